The van der Waals surface area contributed by atoms with Crippen LogP contribution in [0.4, 0.5) is 11.4 Å². The molecule has 0 saturated heterocycles. The molecule has 2 N–H and O–H groups in total. The van der Waals surface area contributed by atoms with Crippen LogP contribution in [-0.2, 0) is 0 Å². The monoisotopic (exact) mass is 514 g/mol. The lowest BCUT2D eigenvalue weighted by molar-refractivity contribution is 0.102. The lowest BCUT2D eigenvalue weighted by Crippen LogP contribution is -2.14. The quantitative estimate of drug-likeness (QED) is 0.452. The zero-order chi connectivity index (χ0) is 20.2. The Morgan fingerprint density at radius 3 is 2.83 bits per heavy atom. The van der Waals surface area contributed by atoms with Crippen LogP contribution in [0.2, 0.25) is 0 Å². The van der Waals surface area contributed by atoms with Gasteiger partial charge in [0.1, 0.15) is 0 Å². The van der Waals surface area contributed by atoms with E-state index in [1.807, 2.05) is 61.7 Å². The third-order valence-corrected chi connectivity index (χ3v) is 6.48. The fourth-order valence-corrected chi connectivity index (χ4v) is 4.58. The molecule has 1 aliphatic rings. The minimum Gasteiger partial charge on any atom is -0.335 e. The van der Waals surface area contributed by atoms with Gasteiger partial charge in [-0.25, -0.2) is 0 Å². The van der Waals surface area contributed by atoms with E-state index in [0.717, 1.165) is 37.0 Å². The summed E-state index contributed by atoms with van der Waals surface area (Å²) in [6, 6.07) is 17.5. The van der Waals surface area contributed by atoms with Crippen molar-refractivity contribution in [1.29, 1.82) is 0 Å². The van der Waals surface area contributed by atoms with Gasteiger partial charge < -0.3 is 10.6 Å². The van der Waals surface area contributed by atoms with Crippen LogP contribution in [0.5, 0.6) is 0 Å². The van der Waals surface area contributed by atoms with Crippen molar-refractivity contribution in [3.05, 3.63) is 87.3 Å². The van der Waals surface area contributed by atoms with Crippen molar-refractivity contribution in [2.75, 3.05) is 16.4 Å². The molecule has 1 unspecified atom stereocenters. The zero-order valence-corrected chi connectivity index (χ0v) is 18.7. The predicted molar refractivity (Wildman–Crippen MR) is 129 cm³/mol. The van der Waals surface area contributed by atoms with Gasteiger partial charge in [0, 0.05) is 33.1 Å². The molecule has 146 valence electrons. The maximum absolute atomic E-state index is 12.6. The zero-order valence-electron chi connectivity index (χ0n) is 15.7. The van der Waals surface area contributed by atoms with Crippen molar-refractivity contribution >= 4 is 56.8 Å². The second kappa shape index (κ2) is 8.96. The minimum absolute atomic E-state index is 0.111. The number of pyridine rings is 1. The molecule has 0 aliphatic carbocycles. The Bertz CT molecular complexity index is 1070. The molecule has 0 fully saturated rings. The smallest absolute Gasteiger partial charge is 0.256 e. The summed E-state index contributed by atoms with van der Waals surface area (Å²) >= 11 is 3.86. The van der Waals surface area contributed by atoms with Crippen LogP contribution < -0.4 is 10.6 Å². The number of aryl methyl sites for hydroxylation is 1. The maximum atomic E-state index is 12.6. The van der Waals surface area contributed by atoms with E-state index in [-0.39, 0.29) is 11.9 Å². The number of amides is 1. The number of anilines is 2. The number of aliphatic imine (C=N–C) groups is 1. The second-order valence-corrected chi connectivity index (χ2v) is 8.81. The van der Waals surface area contributed by atoms with Gasteiger partial charge in [0.2, 0.25) is 0 Å². The maximum Gasteiger partial charge on any atom is 0.256 e. The standard InChI is InChI=1S/C22H19IN4OS/c1-14-8-9-16(25-21(28)17-6-2-3-7-18(17)23)11-19(14)26-22-27-20(13-29-22)15-5-4-10-24-12-15/h2-12,20H,13H2,1H3,(H,25,28)(H,26,27). The van der Waals surface area contributed by atoms with Gasteiger partial charge in [0.05, 0.1) is 11.6 Å². The molecule has 0 bridgehead atoms. The van der Waals surface area contributed by atoms with E-state index >= 15 is 0 Å². The minimum atomic E-state index is -0.117. The Morgan fingerprint density at radius 2 is 2.03 bits per heavy atom. The molecule has 0 spiro atoms. The van der Waals surface area contributed by atoms with Crippen LogP contribution in [-0.4, -0.2) is 21.8 Å². The summed E-state index contributed by atoms with van der Waals surface area (Å²) < 4.78 is 0.922. The average molecular weight is 514 g/mol. The highest BCUT2D eigenvalue weighted by atomic mass is 127. The Hall–Kier alpha value is -2.39. The number of thioether (sulfide) groups is 1. The van der Waals surface area contributed by atoms with Crippen LogP contribution in [0.3, 0.4) is 0 Å². The molecule has 1 aliphatic heterocycles. The number of nitrogens with zero attached hydrogens (tertiary/aromatic N) is 2. The normalized spacial score (nSPS) is 15.7. The van der Waals surface area contributed by atoms with E-state index in [1.54, 1.807) is 18.0 Å². The highest BCUT2D eigenvalue weighted by Gasteiger charge is 2.20. The van der Waals surface area contributed by atoms with E-state index in [1.165, 1.54) is 0 Å². The van der Waals surface area contributed by atoms with Gasteiger partial charge in [-0.1, -0.05) is 36.0 Å². The van der Waals surface area contributed by atoms with Crippen molar-refractivity contribution < 1.29 is 4.79 Å². The highest BCUT2D eigenvalue weighted by molar-refractivity contribution is 14.1. The second-order valence-electron chi connectivity index (χ2n) is 6.64. The molecule has 7 heteroatoms. The molecule has 1 aromatic heterocycles. The number of rotatable bonds is 4. The molecule has 29 heavy (non-hydrogen) atoms. The summed E-state index contributed by atoms with van der Waals surface area (Å²) in [5, 5.41) is 7.28. The lowest BCUT2D eigenvalue weighted by atomic mass is 10.1. The third kappa shape index (κ3) is 4.79. The summed E-state index contributed by atoms with van der Waals surface area (Å²) in [6.07, 6.45) is 3.64. The Balaban J connectivity index is 1.49. The number of halogens is 1. The number of carbonyl (C=O) groups is 1. The van der Waals surface area contributed by atoms with Crippen LogP contribution >= 0.6 is 34.4 Å². The topological polar surface area (TPSA) is 66.4 Å². The fourth-order valence-electron chi connectivity index (χ4n) is 2.98. The van der Waals surface area contributed by atoms with Gasteiger partial charge >= 0.3 is 0 Å². The van der Waals surface area contributed by atoms with Crippen LogP contribution in [0.25, 0.3) is 0 Å². The summed E-state index contributed by atoms with van der Waals surface area (Å²) in [7, 11) is 0. The van der Waals surface area contributed by atoms with Gasteiger partial charge in [-0.2, -0.15) is 0 Å². The number of carbonyl (C=O) groups excluding carboxylic acids is 1. The molecule has 2 aromatic carbocycles. The van der Waals surface area contributed by atoms with Crippen molar-refractivity contribution in [1.82, 2.24) is 4.98 Å². The summed E-state index contributed by atoms with van der Waals surface area (Å²) in [5.41, 5.74) is 4.55. The number of amidine groups is 1. The van der Waals surface area contributed by atoms with Crippen molar-refractivity contribution in [3.63, 3.8) is 0 Å². The molecular weight excluding hydrogens is 495 g/mol. The van der Waals surface area contributed by atoms with E-state index in [0.29, 0.717) is 5.56 Å². The van der Waals surface area contributed by atoms with Gasteiger partial charge in [-0.3, -0.25) is 14.8 Å². The van der Waals surface area contributed by atoms with Crippen LogP contribution in [0, 0.1) is 10.5 Å². The molecule has 5 nitrogen and oxygen atoms in total. The number of benzene rings is 2. The predicted octanol–water partition coefficient (Wildman–Crippen LogP) is 5.50. The van der Waals surface area contributed by atoms with Gasteiger partial charge in [0.15, 0.2) is 5.17 Å². The summed E-state index contributed by atoms with van der Waals surface area (Å²) in [4.78, 5) is 21.6. The highest BCUT2D eigenvalue weighted by Crippen LogP contribution is 2.31. The molecule has 1 amide bonds. The van der Waals surface area contributed by atoms with Crippen molar-refractivity contribution in [3.8, 4) is 0 Å². The van der Waals surface area contributed by atoms with Crippen molar-refractivity contribution in [2.24, 2.45) is 4.99 Å². The molecular formula is C22H19IN4OS. The van der Waals surface area contributed by atoms with E-state index < -0.39 is 0 Å². The molecule has 4 rings (SSSR count). The van der Waals surface area contributed by atoms with Gasteiger partial charge in [-0.15, -0.1) is 0 Å². The van der Waals surface area contributed by atoms with Crippen LogP contribution in [0.15, 0.2) is 72.0 Å². The number of hydrogen-bond acceptors (Lipinski definition) is 5. The van der Waals surface area contributed by atoms with Gasteiger partial charge in [-0.05, 0) is 71.0 Å². The van der Waals surface area contributed by atoms with E-state index in [9.17, 15) is 4.79 Å². The van der Waals surface area contributed by atoms with Crippen molar-refractivity contribution in [2.45, 2.75) is 13.0 Å². The van der Waals surface area contributed by atoms with E-state index in [4.69, 9.17) is 4.99 Å². The largest absolute Gasteiger partial charge is 0.335 e. The number of nitrogens with one attached hydrogen (secondary N) is 2. The molecule has 0 radical (unpaired) electrons. The average Bonchev–Trinajstić information content (AvgIpc) is 3.20. The first-order chi connectivity index (χ1) is 14.1. The first-order valence-electron chi connectivity index (χ1n) is 9.14. The fraction of sp³-hybridized carbons (Fsp3) is 0.136. The molecule has 3 aromatic rings. The van der Waals surface area contributed by atoms with Crippen LogP contribution in [0.1, 0.15) is 27.5 Å². The SMILES string of the molecule is Cc1ccc(NC(=O)c2ccccc2I)cc1NC1=NC(c2cccnc2)CS1. The number of hydrogen-bond donors (Lipinski definition) is 2. The van der Waals surface area contributed by atoms with E-state index in [2.05, 4.69) is 44.3 Å². The Morgan fingerprint density at radius 1 is 1.17 bits per heavy atom. The number of aromatic nitrogens is 1. The Kier molecular flexibility index (Phi) is 6.15. The summed E-state index contributed by atoms with van der Waals surface area (Å²) in [5.74, 6) is 0.768. The third-order valence-electron chi connectivity index (χ3n) is 4.58. The lowest BCUT2D eigenvalue weighted by Gasteiger charge is -2.12. The molecule has 0 saturated carbocycles. The first-order valence-corrected chi connectivity index (χ1v) is 11.2. The van der Waals surface area contributed by atoms with Gasteiger partial charge in [0.25, 0.3) is 5.91 Å². The molecule has 2 heterocycles. The Labute approximate surface area is 187 Å². The molecule has 1 atom stereocenters. The summed E-state index contributed by atoms with van der Waals surface area (Å²) in [6.45, 7) is 2.03. The first kappa shape index (κ1) is 19.9.